The van der Waals surface area contributed by atoms with Crippen LogP contribution in [0.3, 0.4) is 0 Å². The van der Waals surface area contributed by atoms with Crippen LogP contribution in [0.25, 0.3) is 0 Å². The van der Waals surface area contributed by atoms with E-state index in [0.717, 1.165) is 29.3 Å². The number of ether oxygens (including phenoxy) is 2. The Morgan fingerprint density at radius 3 is 2.65 bits per heavy atom. The van der Waals surface area contributed by atoms with Crippen LogP contribution in [0.15, 0.2) is 18.2 Å². The van der Waals surface area contributed by atoms with Gasteiger partial charge in [0, 0.05) is 18.9 Å². The van der Waals surface area contributed by atoms with Crippen LogP contribution in [0.4, 0.5) is 0 Å². The monoisotopic (exact) mass is 352 g/mol. The van der Waals surface area contributed by atoms with Crippen molar-refractivity contribution < 1.29 is 9.47 Å². The van der Waals surface area contributed by atoms with Crippen molar-refractivity contribution in [3.8, 4) is 5.75 Å². The van der Waals surface area contributed by atoms with Crippen LogP contribution >= 0.6 is 33.2 Å². The minimum atomic E-state index is -2.85. The van der Waals surface area contributed by atoms with Crippen molar-refractivity contribution in [2.24, 2.45) is 0 Å². The number of benzene rings is 1. The fraction of sp³-hybridized carbons (Fsp3) is 0.571. The Balaban J connectivity index is 2.11. The van der Waals surface area contributed by atoms with Gasteiger partial charge in [0.2, 0.25) is 5.79 Å². The van der Waals surface area contributed by atoms with E-state index in [4.69, 9.17) is 42.7 Å². The van der Waals surface area contributed by atoms with Crippen molar-refractivity contribution in [1.29, 1.82) is 0 Å². The molecule has 0 aliphatic carbocycles. The van der Waals surface area contributed by atoms with E-state index in [1.54, 1.807) is 0 Å². The van der Waals surface area contributed by atoms with E-state index in [1.165, 1.54) is 12.8 Å². The normalized spacial score (nSPS) is 22.2. The lowest BCUT2D eigenvalue weighted by Gasteiger charge is -2.36. The lowest BCUT2D eigenvalue weighted by Crippen LogP contribution is -2.40. The van der Waals surface area contributed by atoms with E-state index in [2.05, 4.69) is 6.92 Å². The molecule has 1 aliphatic heterocycles. The fourth-order valence-corrected chi connectivity index (χ4v) is 3.95. The SMILES string of the molecule is CCCCCC1(C)OCc2cc([Si](Cl)(Cl)Cl)ccc2O1. The molecule has 0 aromatic heterocycles. The molecule has 0 bridgehead atoms. The van der Waals surface area contributed by atoms with E-state index >= 15 is 0 Å². The Labute approximate surface area is 135 Å². The first-order valence-corrected chi connectivity index (χ1v) is 11.9. The second-order valence-electron chi connectivity index (χ2n) is 5.30. The maximum absolute atomic E-state index is 6.03. The third kappa shape index (κ3) is 4.05. The van der Waals surface area contributed by atoms with Crippen molar-refractivity contribution in [3.05, 3.63) is 23.8 Å². The van der Waals surface area contributed by atoms with Crippen molar-refractivity contribution in [3.63, 3.8) is 0 Å². The molecule has 112 valence electrons. The summed E-state index contributed by atoms with van der Waals surface area (Å²) >= 11 is 18.1. The second kappa shape index (κ2) is 6.45. The zero-order valence-electron chi connectivity index (χ0n) is 11.7. The molecule has 0 saturated heterocycles. The highest BCUT2D eigenvalue weighted by Gasteiger charge is 2.34. The molecule has 0 N–H and O–H groups in total. The second-order valence-corrected chi connectivity index (χ2v) is 13.7. The molecule has 0 amide bonds. The number of rotatable bonds is 5. The summed E-state index contributed by atoms with van der Waals surface area (Å²) in [5, 5.41) is 0.767. The van der Waals surface area contributed by atoms with Gasteiger partial charge in [-0.3, -0.25) is 0 Å². The number of unbranched alkanes of at least 4 members (excludes halogenated alkanes) is 2. The van der Waals surface area contributed by atoms with Gasteiger partial charge in [-0.2, -0.15) is 0 Å². The Kier molecular flexibility index (Phi) is 5.30. The predicted octanol–water partition coefficient (Wildman–Crippen LogP) is 4.75. The van der Waals surface area contributed by atoms with Crippen LogP contribution in [-0.4, -0.2) is 11.8 Å². The Morgan fingerprint density at radius 2 is 2.00 bits per heavy atom. The van der Waals surface area contributed by atoms with Crippen LogP contribution < -0.4 is 9.92 Å². The molecule has 1 unspecified atom stereocenters. The molecule has 0 saturated carbocycles. The highest BCUT2D eigenvalue weighted by Crippen LogP contribution is 2.34. The average molecular weight is 354 g/mol. The Hall–Kier alpha value is 0.0669. The molecular weight excluding hydrogens is 335 g/mol. The van der Waals surface area contributed by atoms with Gasteiger partial charge >= 0.3 is 6.00 Å². The summed E-state index contributed by atoms with van der Waals surface area (Å²) in [6, 6.07) is 2.77. The van der Waals surface area contributed by atoms with Gasteiger partial charge in [-0.1, -0.05) is 31.9 Å². The third-order valence-corrected chi connectivity index (χ3v) is 6.41. The summed E-state index contributed by atoms with van der Waals surface area (Å²) in [7, 11) is 0. The molecule has 1 aromatic rings. The molecular formula is C14H19Cl3O2Si. The van der Waals surface area contributed by atoms with Gasteiger partial charge in [0.25, 0.3) is 0 Å². The molecule has 0 radical (unpaired) electrons. The fourth-order valence-electron chi connectivity index (χ4n) is 2.28. The summed E-state index contributed by atoms with van der Waals surface area (Å²) in [6.07, 6.45) is 4.36. The summed E-state index contributed by atoms with van der Waals surface area (Å²) in [4.78, 5) is 0. The van der Waals surface area contributed by atoms with Crippen LogP contribution in [0, 0.1) is 0 Å². The van der Waals surface area contributed by atoms with Crippen LogP contribution in [0.2, 0.25) is 0 Å². The summed E-state index contributed by atoms with van der Waals surface area (Å²) in [5.74, 6) is 0.295. The third-order valence-electron chi connectivity index (χ3n) is 3.48. The van der Waals surface area contributed by atoms with E-state index in [1.807, 2.05) is 25.1 Å². The van der Waals surface area contributed by atoms with E-state index < -0.39 is 11.8 Å². The Bertz CT molecular complexity index is 476. The minimum absolute atomic E-state index is 0.501. The van der Waals surface area contributed by atoms with Crippen LogP contribution in [-0.2, 0) is 11.3 Å². The van der Waals surface area contributed by atoms with Gasteiger partial charge in [0.05, 0.1) is 6.61 Å². The quantitative estimate of drug-likeness (QED) is 0.432. The van der Waals surface area contributed by atoms with Crippen LogP contribution in [0.1, 0.15) is 45.1 Å². The van der Waals surface area contributed by atoms with Gasteiger partial charge in [0.1, 0.15) is 5.75 Å². The van der Waals surface area contributed by atoms with Crippen molar-refractivity contribution in [2.45, 2.75) is 51.9 Å². The smallest absolute Gasteiger partial charge is 0.372 e. The lowest BCUT2D eigenvalue weighted by atomic mass is 10.1. The molecule has 0 fully saturated rings. The average Bonchev–Trinajstić information content (AvgIpc) is 2.37. The first-order valence-electron chi connectivity index (χ1n) is 6.87. The maximum atomic E-state index is 6.03. The van der Waals surface area contributed by atoms with Gasteiger partial charge < -0.3 is 9.47 Å². The standard InChI is InChI=1S/C14H19Cl3O2Si/c1-3-4-5-8-14(2)18-10-11-9-12(20(15,16)17)6-7-13(11)19-14/h6-7,9H,3-5,8,10H2,1-2H3. The van der Waals surface area contributed by atoms with E-state index in [-0.39, 0.29) is 0 Å². The van der Waals surface area contributed by atoms with Gasteiger partial charge in [-0.25, -0.2) is 0 Å². The highest BCUT2D eigenvalue weighted by molar-refractivity contribution is 7.69. The predicted molar refractivity (Wildman–Crippen MR) is 87.4 cm³/mol. The number of hydrogen-bond acceptors (Lipinski definition) is 2. The van der Waals surface area contributed by atoms with Crippen molar-refractivity contribution in [2.75, 3.05) is 0 Å². The molecule has 1 atom stereocenters. The van der Waals surface area contributed by atoms with Gasteiger partial charge in [-0.15, -0.1) is 33.2 Å². The first kappa shape index (κ1) is 16.4. The summed E-state index contributed by atoms with van der Waals surface area (Å²) in [5.41, 5.74) is 0.953. The minimum Gasteiger partial charge on any atom is -0.462 e. The van der Waals surface area contributed by atoms with Crippen molar-refractivity contribution in [1.82, 2.24) is 0 Å². The number of fused-ring (bicyclic) bond motifs is 1. The molecule has 2 nitrogen and oxygen atoms in total. The molecule has 0 spiro atoms. The summed E-state index contributed by atoms with van der Waals surface area (Å²) < 4.78 is 11.9. The largest absolute Gasteiger partial charge is 0.462 e. The topological polar surface area (TPSA) is 18.5 Å². The number of hydrogen-bond donors (Lipinski definition) is 0. The zero-order valence-corrected chi connectivity index (χ0v) is 15.0. The first-order chi connectivity index (χ1) is 9.34. The van der Waals surface area contributed by atoms with E-state index in [9.17, 15) is 0 Å². The zero-order chi connectivity index (χ0) is 14.8. The molecule has 6 heteroatoms. The Morgan fingerprint density at radius 1 is 1.25 bits per heavy atom. The number of halogens is 3. The van der Waals surface area contributed by atoms with Gasteiger partial charge in [-0.05, 0) is 17.7 Å². The van der Waals surface area contributed by atoms with Crippen LogP contribution in [0.5, 0.6) is 5.75 Å². The molecule has 1 aromatic carbocycles. The lowest BCUT2D eigenvalue weighted by molar-refractivity contribution is -0.198. The summed E-state index contributed by atoms with van der Waals surface area (Å²) in [6.45, 7) is 4.67. The molecule has 1 aliphatic rings. The van der Waals surface area contributed by atoms with Gasteiger partial charge in [0.15, 0.2) is 0 Å². The maximum Gasteiger partial charge on any atom is 0.372 e. The van der Waals surface area contributed by atoms with Crippen molar-refractivity contribution >= 4 is 44.4 Å². The highest BCUT2D eigenvalue weighted by atomic mass is 35.8. The molecule has 20 heavy (non-hydrogen) atoms. The molecule has 1 heterocycles. The van der Waals surface area contributed by atoms with E-state index in [0.29, 0.717) is 6.61 Å². The molecule has 2 rings (SSSR count).